The molecule has 0 radical (unpaired) electrons. The van der Waals surface area contributed by atoms with Crippen molar-refractivity contribution in [1.82, 2.24) is 5.32 Å². The molecule has 0 aliphatic carbocycles. The fourth-order valence-corrected chi connectivity index (χ4v) is 3.95. The maximum absolute atomic E-state index is 14.1. The Kier molecular flexibility index (Phi) is 4.83. The lowest BCUT2D eigenvalue weighted by molar-refractivity contribution is 0.574. The lowest BCUT2D eigenvalue weighted by Crippen LogP contribution is -2.18. The van der Waals surface area contributed by atoms with Crippen LogP contribution in [0.2, 0.25) is 4.34 Å². The van der Waals surface area contributed by atoms with Crippen LogP contribution in [0.25, 0.3) is 0 Å². The second-order valence-corrected chi connectivity index (χ2v) is 7.03. The fraction of sp³-hybridized carbons (Fsp3) is 0.167. The molecule has 18 heavy (non-hydrogen) atoms. The Morgan fingerprint density at radius 3 is 2.61 bits per heavy atom. The fourth-order valence-electron chi connectivity index (χ4n) is 1.70. The van der Waals surface area contributed by atoms with Crippen molar-refractivity contribution in [3.05, 3.63) is 53.8 Å². The highest BCUT2D eigenvalue weighted by atomic mass is 79.9. The number of hydrogen-bond donors (Lipinski definition) is 1. The van der Waals surface area contributed by atoms with Gasteiger partial charge >= 0.3 is 0 Å². The Labute approximate surface area is 131 Å². The first kappa shape index (κ1) is 14.5. The normalized spacial score (nSPS) is 12.7. The van der Waals surface area contributed by atoms with Gasteiger partial charge in [0, 0.05) is 14.9 Å². The zero-order valence-electron chi connectivity index (χ0n) is 9.31. The third-order valence-electron chi connectivity index (χ3n) is 2.53. The van der Waals surface area contributed by atoms with E-state index in [1.54, 1.807) is 19.2 Å². The van der Waals surface area contributed by atoms with Crippen LogP contribution < -0.4 is 5.32 Å². The Bertz CT molecular complexity index is 554. The van der Waals surface area contributed by atoms with Crippen LogP contribution in [0.15, 0.2) is 33.2 Å². The van der Waals surface area contributed by atoms with Gasteiger partial charge in [0.25, 0.3) is 0 Å². The summed E-state index contributed by atoms with van der Waals surface area (Å²) in [6, 6.07) is 6.97. The topological polar surface area (TPSA) is 12.0 Å². The van der Waals surface area contributed by atoms with Crippen molar-refractivity contribution in [2.24, 2.45) is 0 Å². The molecule has 0 amide bonds. The van der Waals surface area contributed by atoms with Crippen molar-refractivity contribution in [1.29, 1.82) is 0 Å². The minimum absolute atomic E-state index is 0.212. The summed E-state index contributed by atoms with van der Waals surface area (Å²) in [6.45, 7) is 0. The summed E-state index contributed by atoms with van der Waals surface area (Å²) in [6.07, 6.45) is 0. The lowest BCUT2D eigenvalue weighted by atomic mass is 10.1. The van der Waals surface area contributed by atoms with E-state index in [1.807, 2.05) is 12.1 Å². The van der Waals surface area contributed by atoms with E-state index in [9.17, 15) is 4.39 Å². The zero-order chi connectivity index (χ0) is 13.3. The van der Waals surface area contributed by atoms with Crippen molar-refractivity contribution in [3.63, 3.8) is 0 Å². The van der Waals surface area contributed by atoms with E-state index in [0.717, 1.165) is 9.35 Å². The first-order valence-electron chi connectivity index (χ1n) is 5.10. The Hall–Kier alpha value is 0.0600. The Morgan fingerprint density at radius 1 is 1.33 bits per heavy atom. The molecule has 2 aromatic rings. The van der Waals surface area contributed by atoms with E-state index in [2.05, 4.69) is 37.2 Å². The van der Waals surface area contributed by atoms with Crippen molar-refractivity contribution in [3.8, 4) is 0 Å². The van der Waals surface area contributed by atoms with Gasteiger partial charge in [-0.15, -0.1) is 11.3 Å². The summed E-state index contributed by atoms with van der Waals surface area (Å²) in [5.41, 5.74) is 0.595. The molecule has 0 saturated heterocycles. The average Bonchev–Trinajstić information content (AvgIpc) is 2.66. The average molecular weight is 414 g/mol. The Morgan fingerprint density at radius 2 is 2.06 bits per heavy atom. The highest BCUT2D eigenvalue weighted by molar-refractivity contribution is 9.10. The molecule has 1 atom stereocenters. The second-order valence-electron chi connectivity index (χ2n) is 3.64. The third kappa shape index (κ3) is 2.80. The lowest BCUT2D eigenvalue weighted by Gasteiger charge is -2.16. The molecule has 96 valence electrons. The number of halogens is 4. The van der Waals surface area contributed by atoms with Crippen LogP contribution in [0.1, 0.15) is 16.5 Å². The van der Waals surface area contributed by atoms with Crippen molar-refractivity contribution in [2.45, 2.75) is 6.04 Å². The van der Waals surface area contributed by atoms with Gasteiger partial charge in [0.15, 0.2) is 0 Å². The summed E-state index contributed by atoms with van der Waals surface area (Å²) < 4.78 is 16.1. The van der Waals surface area contributed by atoms with Crippen molar-refractivity contribution < 1.29 is 4.39 Å². The van der Waals surface area contributed by atoms with Gasteiger partial charge in [-0.05, 0) is 51.0 Å². The highest BCUT2D eigenvalue weighted by Gasteiger charge is 2.20. The molecule has 6 heteroatoms. The molecule has 0 aliphatic heterocycles. The zero-order valence-corrected chi connectivity index (χ0v) is 14.1. The maximum Gasteiger partial charge on any atom is 0.142 e. The SMILES string of the molecule is CNC(c1cc(Br)c(Cl)s1)c1cccc(Br)c1F. The number of rotatable bonds is 3. The second kappa shape index (κ2) is 6.01. The molecular weight excluding hydrogens is 404 g/mol. The summed E-state index contributed by atoms with van der Waals surface area (Å²) in [5, 5.41) is 3.11. The van der Waals surface area contributed by atoms with Gasteiger partial charge < -0.3 is 5.32 Å². The minimum Gasteiger partial charge on any atom is -0.309 e. The standard InChI is InChI=1S/C12H9Br2ClFNS/c1-17-11(9-5-8(14)12(15)18-9)6-3-2-4-7(13)10(6)16/h2-5,11,17H,1H3. The summed E-state index contributed by atoms with van der Waals surface area (Å²) in [7, 11) is 1.80. The molecule has 0 bridgehead atoms. The van der Waals surface area contributed by atoms with Crippen molar-refractivity contribution >= 4 is 54.8 Å². The number of nitrogens with one attached hydrogen (secondary N) is 1. The van der Waals surface area contributed by atoms with E-state index >= 15 is 0 Å². The highest BCUT2D eigenvalue weighted by Crippen LogP contribution is 2.38. The van der Waals surface area contributed by atoms with E-state index in [4.69, 9.17) is 11.6 Å². The molecule has 0 spiro atoms. The van der Waals surface area contributed by atoms with Gasteiger partial charge in [-0.3, -0.25) is 0 Å². The molecule has 1 nitrogen and oxygen atoms in total. The first-order valence-corrected chi connectivity index (χ1v) is 7.88. The minimum atomic E-state index is -0.252. The van der Waals surface area contributed by atoms with Gasteiger partial charge in [-0.2, -0.15) is 0 Å². The van der Waals surface area contributed by atoms with Gasteiger partial charge in [-0.1, -0.05) is 23.7 Å². The molecule has 1 aromatic heterocycles. The van der Waals surface area contributed by atoms with Gasteiger partial charge in [0.05, 0.1) is 10.5 Å². The number of benzene rings is 1. The monoisotopic (exact) mass is 411 g/mol. The summed E-state index contributed by atoms with van der Waals surface area (Å²) in [4.78, 5) is 0.964. The molecule has 1 N–H and O–H groups in total. The number of thiophene rings is 1. The summed E-state index contributed by atoms with van der Waals surface area (Å²) >= 11 is 14.0. The third-order valence-corrected chi connectivity index (χ3v) is 5.68. The smallest absolute Gasteiger partial charge is 0.142 e. The molecule has 0 aliphatic rings. The molecule has 0 saturated carbocycles. The van der Waals surface area contributed by atoms with Gasteiger partial charge in [-0.25, -0.2) is 4.39 Å². The van der Waals surface area contributed by atoms with Crippen LogP contribution >= 0.6 is 54.8 Å². The van der Waals surface area contributed by atoms with E-state index in [0.29, 0.717) is 14.4 Å². The largest absolute Gasteiger partial charge is 0.309 e. The van der Waals surface area contributed by atoms with Gasteiger partial charge in [0.2, 0.25) is 0 Å². The molecule has 1 heterocycles. The van der Waals surface area contributed by atoms with Crippen LogP contribution in [0.3, 0.4) is 0 Å². The quantitative estimate of drug-likeness (QED) is 0.713. The van der Waals surface area contributed by atoms with Crippen LogP contribution in [0, 0.1) is 5.82 Å². The first-order chi connectivity index (χ1) is 8.54. The predicted molar refractivity (Wildman–Crippen MR) is 82.0 cm³/mol. The molecule has 2 rings (SSSR count). The van der Waals surface area contributed by atoms with Crippen molar-refractivity contribution in [2.75, 3.05) is 7.05 Å². The number of hydrogen-bond acceptors (Lipinski definition) is 2. The summed E-state index contributed by atoms with van der Waals surface area (Å²) in [5.74, 6) is -0.252. The molecule has 0 fully saturated rings. The Balaban J connectivity index is 2.48. The predicted octanol–water partition coefficient (Wildman–Crippen LogP) is 5.37. The van der Waals surface area contributed by atoms with Gasteiger partial charge in [0.1, 0.15) is 10.2 Å². The van der Waals surface area contributed by atoms with E-state index in [1.165, 1.54) is 11.3 Å². The van der Waals surface area contributed by atoms with Crippen LogP contribution in [0.4, 0.5) is 4.39 Å². The molecule has 1 unspecified atom stereocenters. The molecule has 1 aromatic carbocycles. The molecular formula is C12H9Br2ClFNS. The van der Waals surface area contributed by atoms with Crippen LogP contribution in [-0.2, 0) is 0 Å². The van der Waals surface area contributed by atoms with E-state index in [-0.39, 0.29) is 11.9 Å². The van der Waals surface area contributed by atoms with E-state index < -0.39 is 0 Å². The van der Waals surface area contributed by atoms with Crippen LogP contribution in [0.5, 0.6) is 0 Å². The van der Waals surface area contributed by atoms with Crippen LogP contribution in [-0.4, -0.2) is 7.05 Å². The maximum atomic E-state index is 14.1.